The first-order chi connectivity index (χ1) is 10.5. The smallest absolute Gasteiger partial charge is 0.250 e. The molecule has 0 radical (unpaired) electrons. The molecule has 1 amide bonds. The molecular formula is C19H35NO2. The minimum atomic E-state index is 0.00459. The third-order valence-electron chi connectivity index (χ3n) is 4.76. The molecule has 1 aliphatic carbocycles. The third-order valence-corrected chi connectivity index (χ3v) is 4.76. The van der Waals surface area contributed by atoms with Gasteiger partial charge in [0.15, 0.2) is 0 Å². The fourth-order valence-electron chi connectivity index (χ4n) is 3.33. The predicted octanol–water partition coefficient (Wildman–Crippen LogP) is 4.97. The largest absolute Gasteiger partial charge is 0.274 e. The van der Waals surface area contributed by atoms with Gasteiger partial charge in [-0.25, -0.2) is 5.06 Å². The topological polar surface area (TPSA) is 29.5 Å². The van der Waals surface area contributed by atoms with Gasteiger partial charge in [0.2, 0.25) is 5.91 Å². The summed E-state index contributed by atoms with van der Waals surface area (Å²) in [4.78, 5) is 17.9. The fraction of sp³-hybridized carbons (Fsp3) is 0.842. The van der Waals surface area contributed by atoms with Crippen LogP contribution in [0.2, 0.25) is 0 Å². The van der Waals surface area contributed by atoms with Gasteiger partial charge in [-0.3, -0.25) is 9.63 Å². The lowest BCUT2D eigenvalue weighted by Gasteiger charge is -2.29. The molecule has 0 aromatic heterocycles. The first-order valence-electron chi connectivity index (χ1n) is 8.99. The maximum atomic E-state index is 12.6. The summed E-state index contributed by atoms with van der Waals surface area (Å²) in [5.41, 5.74) is 0. The molecule has 0 saturated heterocycles. The first kappa shape index (κ1) is 19.2. The molecule has 3 nitrogen and oxygen atoms in total. The minimum absolute atomic E-state index is 0.00459. The van der Waals surface area contributed by atoms with E-state index in [4.69, 9.17) is 4.84 Å². The van der Waals surface area contributed by atoms with E-state index < -0.39 is 0 Å². The van der Waals surface area contributed by atoms with Crippen molar-refractivity contribution >= 4 is 5.91 Å². The van der Waals surface area contributed by atoms with Gasteiger partial charge < -0.3 is 0 Å². The molecule has 0 aliphatic heterocycles. The van der Waals surface area contributed by atoms with Crippen LogP contribution < -0.4 is 0 Å². The zero-order valence-electron chi connectivity index (χ0n) is 15.2. The number of nitrogens with zero attached hydrogens (tertiary/aromatic N) is 1. The summed E-state index contributed by atoms with van der Waals surface area (Å²) in [6, 6.07) is 0.0740. The maximum absolute atomic E-state index is 12.6. The van der Waals surface area contributed by atoms with Gasteiger partial charge in [-0.1, -0.05) is 58.1 Å². The van der Waals surface area contributed by atoms with Crippen LogP contribution >= 0.6 is 0 Å². The van der Waals surface area contributed by atoms with Crippen LogP contribution in [0.1, 0.15) is 72.6 Å². The van der Waals surface area contributed by atoms with Crippen LogP contribution in [0.4, 0.5) is 0 Å². The fourth-order valence-corrected chi connectivity index (χ4v) is 3.33. The van der Waals surface area contributed by atoms with Gasteiger partial charge in [0, 0.05) is 5.92 Å². The highest BCUT2D eigenvalue weighted by atomic mass is 16.7. The summed E-state index contributed by atoms with van der Waals surface area (Å²) < 4.78 is 0. The second-order valence-electron chi connectivity index (χ2n) is 7.24. The molecule has 1 saturated carbocycles. The summed E-state index contributed by atoms with van der Waals surface area (Å²) in [6.45, 7) is 8.20. The highest BCUT2D eigenvalue weighted by Crippen LogP contribution is 2.27. The number of carbonyl (C=O) groups is 1. The number of hydroxylamine groups is 2. The van der Waals surface area contributed by atoms with Crippen LogP contribution in [0, 0.1) is 17.8 Å². The molecule has 0 unspecified atom stereocenters. The van der Waals surface area contributed by atoms with Gasteiger partial charge >= 0.3 is 0 Å². The van der Waals surface area contributed by atoms with Crippen LogP contribution in [0.5, 0.6) is 0 Å². The molecular weight excluding hydrogens is 274 g/mol. The Kier molecular flexibility index (Phi) is 8.77. The Labute approximate surface area is 137 Å². The van der Waals surface area contributed by atoms with Crippen molar-refractivity contribution in [2.75, 3.05) is 7.11 Å². The molecule has 0 spiro atoms. The van der Waals surface area contributed by atoms with E-state index in [9.17, 15) is 4.79 Å². The van der Waals surface area contributed by atoms with Gasteiger partial charge in [-0.2, -0.15) is 0 Å². The Balaban J connectivity index is 2.51. The Hall–Kier alpha value is -0.830. The second kappa shape index (κ2) is 10.0. The molecule has 1 rings (SSSR count). The van der Waals surface area contributed by atoms with Crippen molar-refractivity contribution in [2.45, 2.75) is 78.7 Å². The zero-order valence-corrected chi connectivity index (χ0v) is 15.2. The Morgan fingerprint density at radius 1 is 1.14 bits per heavy atom. The number of hydrogen-bond donors (Lipinski definition) is 0. The van der Waals surface area contributed by atoms with E-state index in [1.807, 2.05) is 13.8 Å². The van der Waals surface area contributed by atoms with Gasteiger partial charge in [0.1, 0.15) is 0 Å². The number of rotatable bonds is 8. The Morgan fingerprint density at radius 3 is 2.27 bits per heavy atom. The third kappa shape index (κ3) is 6.12. The van der Waals surface area contributed by atoms with Crippen LogP contribution in [0.3, 0.4) is 0 Å². The van der Waals surface area contributed by atoms with Crippen molar-refractivity contribution in [1.82, 2.24) is 5.06 Å². The van der Waals surface area contributed by atoms with Crippen molar-refractivity contribution in [3.8, 4) is 0 Å². The average molecular weight is 309 g/mol. The number of hydrogen-bond acceptors (Lipinski definition) is 2. The van der Waals surface area contributed by atoms with Gasteiger partial charge in [0.05, 0.1) is 13.2 Å². The molecule has 0 N–H and O–H groups in total. The van der Waals surface area contributed by atoms with E-state index in [1.54, 1.807) is 7.11 Å². The second-order valence-corrected chi connectivity index (χ2v) is 7.24. The van der Waals surface area contributed by atoms with Gasteiger partial charge in [0.25, 0.3) is 0 Å². The summed E-state index contributed by atoms with van der Waals surface area (Å²) in [5.74, 6) is 1.30. The van der Waals surface area contributed by atoms with E-state index in [2.05, 4.69) is 26.0 Å². The van der Waals surface area contributed by atoms with Gasteiger partial charge in [-0.05, 0) is 38.5 Å². The van der Waals surface area contributed by atoms with E-state index in [1.165, 1.54) is 43.6 Å². The quantitative estimate of drug-likeness (QED) is 0.468. The predicted molar refractivity (Wildman–Crippen MR) is 92.3 cm³/mol. The average Bonchev–Trinajstić information content (AvgIpc) is 2.48. The lowest BCUT2D eigenvalue weighted by molar-refractivity contribution is -0.190. The SMILES string of the molecule is CON(C(=O)[C@@H](CC=CCC1CCCCC1)C(C)C)C(C)C. The van der Waals surface area contributed by atoms with E-state index in [0.29, 0.717) is 5.92 Å². The summed E-state index contributed by atoms with van der Waals surface area (Å²) >= 11 is 0. The molecule has 1 aliphatic rings. The molecule has 3 heteroatoms. The molecule has 0 heterocycles. The minimum Gasteiger partial charge on any atom is -0.274 e. The zero-order chi connectivity index (χ0) is 16.5. The lowest BCUT2D eigenvalue weighted by atomic mass is 9.86. The van der Waals surface area contributed by atoms with E-state index in [0.717, 1.165) is 12.3 Å². The highest BCUT2D eigenvalue weighted by Gasteiger charge is 2.28. The summed E-state index contributed by atoms with van der Waals surface area (Å²) in [5, 5.41) is 1.51. The number of carbonyl (C=O) groups excluding carboxylic acids is 1. The maximum Gasteiger partial charge on any atom is 0.250 e. The van der Waals surface area contributed by atoms with Crippen LogP contribution in [-0.2, 0) is 9.63 Å². The molecule has 1 atom stereocenters. The van der Waals surface area contributed by atoms with E-state index in [-0.39, 0.29) is 17.9 Å². The van der Waals surface area contributed by atoms with Crippen LogP contribution in [0.15, 0.2) is 12.2 Å². The molecule has 0 bridgehead atoms. The Bertz CT molecular complexity index is 343. The van der Waals surface area contributed by atoms with Crippen LogP contribution in [-0.4, -0.2) is 24.1 Å². The van der Waals surface area contributed by atoms with Crippen molar-refractivity contribution in [3.63, 3.8) is 0 Å². The monoisotopic (exact) mass is 309 g/mol. The number of allylic oxidation sites excluding steroid dienone is 2. The molecule has 1 fully saturated rings. The van der Waals surface area contributed by atoms with Crippen molar-refractivity contribution in [3.05, 3.63) is 12.2 Å². The van der Waals surface area contributed by atoms with Crippen molar-refractivity contribution in [2.24, 2.45) is 17.8 Å². The highest BCUT2D eigenvalue weighted by molar-refractivity contribution is 5.78. The van der Waals surface area contributed by atoms with Crippen LogP contribution in [0.25, 0.3) is 0 Å². The standard InChI is InChI=1S/C19H35NO2/c1-15(2)18(19(21)20(22-5)16(3)4)14-10-9-13-17-11-7-6-8-12-17/h9-10,15-18H,6-8,11-14H2,1-5H3/t18-/m0/s1. The van der Waals surface area contributed by atoms with E-state index >= 15 is 0 Å². The summed E-state index contributed by atoms with van der Waals surface area (Å²) in [6.07, 6.45) is 13.4. The normalized spacial score (nSPS) is 18.3. The molecule has 0 aromatic carbocycles. The molecule has 0 aromatic rings. The first-order valence-corrected chi connectivity index (χ1v) is 8.99. The summed E-state index contributed by atoms with van der Waals surface area (Å²) in [7, 11) is 1.58. The lowest BCUT2D eigenvalue weighted by Crippen LogP contribution is -2.41. The van der Waals surface area contributed by atoms with Crippen molar-refractivity contribution < 1.29 is 9.63 Å². The number of amides is 1. The van der Waals surface area contributed by atoms with Gasteiger partial charge in [-0.15, -0.1) is 0 Å². The molecule has 22 heavy (non-hydrogen) atoms. The van der Waals surface area contributed by atoms with Crippen molar-refractivity contribution in [1.29, 1.82) is 0 Å². The Morgan fingerprint density at radius 2 is 1.77 bits per heavy atom. The molecule has 128 valence electrons.